The van der Waals surface area contributed by atoms with Crippen molar-refractivity contribution in [2.75, 3.05) is 0 Å². The SMILES string of the molecule is N=CSC(N)=Nc1ccc(Oc2ccc(Cl)c(C(F)(F)F)c2)cc1. The first-order valence-corrected chi connectivity index (χ1v) is 7.70. The molecule has 24 heavy (non-hydrogen) atoms. The number of halogens is 4. The van der Waals surface area contributed by atoms with Crippen molar-refractivity contribution < 1.29 is 17.9 Å². The molecule has 0 unspecified atom stereocenters. The summed E-state index contributed by atoms with van der Waals surface area (Å²) in [6, 6.07) is 9.59. The van der Waals surface area contributed by atoms with Crippen molar-refractivity contribution in [3.8, 4) is 11.5 Å². The number of rotatable bonds is 4. The van der Waals surface area contributed by atoms with Gasteiger partial charge in [-0.25, -0.2) is 4.99 Å². The predicted molar refractivity (Wildman–Crippen MR) is 90.6 cm³/mol. The number of nitrogens with one attached hydrogen (secondary N) is 1. The Kier molecular flexibility index (Phi) is 5.74. The molecule has 0 radical (unpaired) electrons. The highest BCUT2D eigenvalue weighted by Crippen LogP contribution is 2.37. The van der Waals surface area contributed by atoms with E-state index in [1.54, 1.807) is 24.3 Å². The summed E-state index contributed by atoms with van der Waals surface area (Å²) < 4.78 is 43.9. The van der Waals surface area contributed by atoms with Gasteiger partial charge in [-0.05, 0) is 54.2 Å². The lowest BCUT2D eigenvalue weighted by Crippen LogP contribution is -2.05. The van der Waals surface area contributed by atoms with Crippen molar-refractivity contribution in [3.63, 3.8) is 0 Å². The van der Waals surface area contributed by atoms with Crippen LogP contribution in [0.2, 0.25) is 5.02 Å². The van der Waals surface area contributed by atoms with Gasteiger partial charge in [-0.2, -0.15) is 13.2 Å². The van der Waals surface area contributed by atoms with Gasteiger partial charge in [-0.3, -0.25) is 0 Å². The minimum absolute atomic E-state index is 0.0156. The highest BCUT2D eigenvalue weighted by molar-refractivity contribution is 8.24. The zero-order valence-corrected chi connectivity index (χ0v) is 13.5. The molecule has 2 aromatic carbocycles. The van der Waals surface area contributed by atoms with Crippen LogP contribution in [0.3, 0.4) is 0 Å². The first kappa shape index (κ1) is 18.2. The lowest BCUT2D eigenvalue weighted by molar-refractivity contribution is -0.137. The molecule has 0 amide bonds. The maximum atomic E-state index is 12.8. The second-order valence-corrected chi connectivity index (χ2v) is 5.72. The largest absolute Gasteiger partial charge is 0.457 e. The summed E-state index contributed by atoms with van der Waals surface area (Å²) in [4.78, 5) is 4.04. The van der Waals surface area contributed by atoms with E-state index in [0.717, 1.165) is 29.4 Å². The first-order valence-electron chi connectivity index (χ1n) is 6.44. The standard InChI is InChI=1S/C15H11ClF3N3OS/c16-13-6-5-11(7-12(13)15(17,18)19)23-10-3-1-9(2-4-10)22-14(21)24-8-20/h1-8,20H,(H2,21,22). The van der Waals surface area contributed by atoms with Gasteiger partial charge in [0.25, 0.3) is 0 Å². The number of aliphatic imine (C=N–C) groups is 1. The van der Waals surface area contributed by atoms with Crippen LogP contribution >= 0.6 is 23.4 Å². The average Bonchev–Trinajstić information content (AvgIpc) is 2.50. The van der Waals surface area contributed by atoms with Crippen LogP contribution in [0, 0.1) is 5.41 Å². The van der Waals surface area contributed by atoms with Gasteiger partial charge < -0.3 is 15.9 Å². The molecule has 0 aromatic heterocycles. The summed E-state index contributed by atoms with van der Waals surface area (Å²) in [7, 11) is 0. The summed E-state index contributed by atoms with van der Waals surface area (Å²) in [5.74, 6) is 0.351. The molecule has 0 spiro atoms. The molecule has 0 aliphatic heterocycles. The van der Waals surface area contributed by atoms with Gasteiger partial charge >= 0.3 is 6.18 Å². The lowest BCUT2D eigenvalue weighted by atomic mass is 10.2. The van der Waals surface area contributed by atoms with Crippen molar-refractivity contribution >= 4 is 39.8 Å². The van der Waals surface area contributed by atoms with Crippen LogP contribution in [-0.2, 0) is 6.18 Å². The molecule has 0 aliphatic carbocycles. The van der Waals surface area contributed by atoms with E-state index >= 15 is 0 Å². The van der Waals surface area contributed by atoms with Gasteiger partial charge in [0.1, 0.15) is 11.5 Å². The number of amidine groups is 1. The predicted octanol–water partition coefficient (Wildman–Crippen LogP) is 5.44. The van der Waals surface area contributed by atoms with E-state index in [0.29, 0.717) is 11.4 Å². The Labute approximate surface area is 145 Å². The number of nitrogens with two attached hydrogens (primary N) is 1. The number of alkyl halides is 3. The molecule has 0 heterocycles. The second-order valence-electron chi connectivity index (χ2n) is 4.42. The van der Waals surface area contributed by atoms with Crippen molar-refractivity contribution in [2.45, 2.75) is 6.18 Å². The molecular formula is C15H11ClF3N3OS. The fourth-order valence-corrected chi connectivity index (χ4v) is 2.23. The van der Waals surface area contributed by atoms with Crippen LogP contribution in [-0.4, -0.2) is 10.7 Å². The van der Waals surface area contributed by atoms with E-state index in [2.05, 4.69) is 4.99 Å². The number of thioether (sulfide) groups is 1. The third-order valence-corrected chi connectivity index (χ3v) is 3.51. The van der Waals surface area contributed by atoms with Crippen LogP contribution in [0.4, 0.5) is 18.9 Å². The lowest BCUT2D eigenvalue weighted by Gasteiger charge is -2.11. The van der Waals surface area contributed by atoms with E-state index in [1.807, 2.05) is 0 Å². The third-order valence-electron chi connectivity index (χ3n) is 2.73. The Morgan fingerprint density at radius 3 is 2.38 bits per heavy atom. The van der Waals surface area contributed by atoms with Crippen molar-refractivity contribution in [1.29, 1.82) is 5.41 Å². The number of ether oxygens (including phenoxy) is 1. The number of benzene rings is 2. The molecule has 2 aromatic rings. The Morgan fingerprint density at radius 2 is 1.79 bits per heavy atom. The molecule has 9 heteroatoms. The van der Waals surface area contributed by atoms with E-state index < -0.39 is 16.8 Å². The molecule has 0 aliphatic rings. The van der Waals surface area contributed by atoms with E-state index in [-0.39, 0.29) is 10.9 Å². The van der Waals surface area contributed by atoms with Gasteiger partial charge in [0.2, 0.25) is 0 Å². The van der Waals surface area contributed by atoms with Crippen molar-refractivity contribution in [2.24, 2.45) is 10.7 Å². The quantitative estimate of drug-likeness (QED) is 0.554. The van der Waals surface area contributed by atoms with E-state index in [1.165, 1.54) is 6.07 Å². The van der Waals surface area contributed by atoms with E-state index in [4.69, 9.17) is 27.5 Å². The van der Waals surface area contributed by atoms with Gasteiger partial charge in [0, 0.05) is 0 Å². The van der Waals surface area contributed by atoms with Crippen LogP contribution < -0.4 is 10.5 Å². The van der Waals surface area contributed by atoms with Crippen LogP contribution in [0.15, 0.2) is 47.5 Å². The molecule has 126 valence electrons. The molecule has 0 bridgehead atoms. The highest BCUT2D eigenvalue weighted by Gasteiger charge is 2.33. The third kappa shape index (κ3) is 4.90. The molecule has 0 fully saturated rings. The monoisotopic (exact) mass is 373 g/mol. The second kappa shape index (κ2) is 7.59. The average molecular weight is 374 g/mol. The van der Waals surface area contributed by atoms with Crippen LogP contribution in [0.1, 0.15) is 5.56 Å². The van der Waals surface area contributed by atoms with Crippen LogP contribution in [0.25, 0.3) is 0 Å². The maximum absolute atomic E-state index is 12.8. The van der Waals surface area contributed by atoms with Crippen molar-refractivity contribution in [3.05, 3.63) is 53.1 Å². The molecule has 3 N–H and O–H groups in total. The normalized spacial score (nSPS) is 12.1. The molecule has 2 rings (SSSR count). The number of hydrogen-bond acceptors (Lipinski definition) is 4. The Hall–Kier alpha value is -2.19. The minimum atomic E-state index is -4.56. The number of hydrogen-bond donors (Lipinski definition) is 2. The van der Waals surface area contributed by atoms with Gasteiger partial charge in [-0.1, -0.05) is 11.6 Å². The topological polar surface area (TPSA) is 71.5 Å². The Morgan fingerprint density at radius 1 is 1.17 bits per heavy atom. The van der Waals surface area contributed by atoms with Gasteiger partial charge in [0.05, 0.1) is 21.8 Å². The maximum Gasteiger partial charge on any atom is 0.417 e. The zero-order valence-electron chi connectivity index (χ0n) is 12.0. The zero-order chi connectivity index (χ0) is 17.7. The fraction of sp³-hybridized carbons (Fsp3) is 0.0667. The van der Waals surface area contributed by atoms with Gasteiger partial charge in [0.15, 0.2) is 5.17 Å². The Bertz CT molecular complexity index is 764. The molecule has 0 atom stereocenters. The summed E-state index contributed by atoms with van der Waals surface area (Å²) >= 11 is 6.52. The van der Waals surface area contributed by atoms with Crippen LogP contribution in [0.5, 0.6) is 11.5 Å². The molecule has 0 saturated carbocycles. The highest BCUT2D eigenvalue weighted by atomic mass is 35.5. The summed E-state index contributed by atoms with van der Waals surface area (Å²) in [6.07, 6.45) is -4.56. The van der Waals surface area contributed by atoms with E-state index in [9.17, 15) is 13.2 Å². The van der Waals surface area contributed by atoms with Crippen molar-refractivity contribution in [1.82, 2.24) is 0 Å². The number of nitrogens with zero attached hydrogens (tertiary/aromatic N) is 1. The molecular weight excluding hydrogens is 363 g/mol. The van der Waals surface area contributed by atoms with Gasteiger partial charge in [-0.15, -0.1) is 0 Å². The summed E-state index contributed by atoms with van der Waals surface area (Å²) in [5, 5.41) is 6.71. The fourth-order valence-electron chi connectivity index (χ4n) is 1.72. The summed E-state index contributed by atoms with van der Waals surface area (Å²) in [6.45, 7) is 0. The Balaban J connectivity index is 2.17. The minimum Gasteiger partial charge on any atom is -0.457 e. The molecule has 4 nitrogen and oxygen atoms in total. The molecule has 0 saturated heterocycles. The first-order chi connectivity index (χ1) is 11.3. The summed E-state index contributed by atoms with van der Waals surface area (Å²) in [5.41, 5.74) is 6.18. The smallest absolute Gasteiger partial charge is 0.417 e.